The average molecular weight is 211 g/mol. The molecule has 0 aliphatic carbocycles. The molecule has 1 heterocycles. The molecule has 0 aliphatic rings. The van der Waals surface area contributed by atoms with Gasteiger partial charge in [0.05, 0.1) is 0 Å². The van der Waals surface area contributed by atoms with E-state index in [1.165, 1.54) is 28.2 Å². The summed E-state index contributed by atoms with van der Waals surface area (Å²) >= 11 is 1.91. The lowest BCUT2D eigenvalue weighted by molar-refractivity contribution is 0.537. The van der Waals surface area contributed by atoms with E-state index in [2.05, 4.69) is 39.1 Å². The quantitative estimate of drug-likeness (QED) is 0.788. The summed E-state index contributed by atoms with van der Waals surface area (Å²) in [6, 6.07) is 2.97. The molecule has 1 aromatic heterocycles. The van der Waals surface area contributed by atoms with Crippen LogP contribution in [0.15, 0.2) is 6.07 Å². The van der Waals surface area contributed by atoms with E-state index < -0.39 is 0 Å². The Morgan fingerprint density at radius 3 is 2.64 bits per heavy atom. The molecular weight excluding hydrogens is 190 g/mol. The van der Waals surface area contributed by atoms with Gasteiger partial charge in [0.1, 0.15) is 0 Å². The van der Waals surface area contributed by atoms with E-state index in [0.717, 1.165) is 6.54 Å². The van der Waals surface area contributed by atoms with Gasteiger partial charge in [0, 0.05) is 15.8 Å². The highest BCUT2D eigenvalue weighted by molar-refractivity contribution is 7.12. The smallest absolute Gasteiger partial charge is 0.00495 e. The minimum absolute atomic E-state index is 0.648. The first-order chi connectivity index (χ1) is 6.63. The third kappa shape index (κ3) is 3.43. The summed E-state index contributed by atoms with van der Waals surface area (Å²) in [6.07, 6.45) is 2.38. The van der Waals surface area contributed by atoms with Crippen LogP contribution in [0, 0.1) is 13.8 Å². The molecule has 0 saturated heterocycles. The van der Waals surface area contributed by atoms with Crippen molar-refractivity contribution in [3.05, 3.63) is 21.4 Å². The predicted octanol–water partition coefficient (Wildman–Crippen LogP) is 3.30. The van der Waals surface area contributed by atoms with Crippen LogP contribution < -0.4 is 5.32 Å². The Labute approximate surface area is 91.5 Å². The molecule has 1 atom stereocenters. The molecule has 0 fully saturated rings. The summed E-state index contributed by atoms with van der Waals surface area (Å²) in [5.41, 5.74) is 1.52. The SMILES string of the molecule is CCC(C)NCCc1cc(C)sc1C. The molecular formula is C12H21NS. The van der Waals surface area contributed by atoms with Gasteiger partial charge in [-0.3, -0.25) is 0 Å². The van der Waals surface area contributed by atoms with Crippen molar-refractivity contribution < 1.29 is 0 Å². The first kappa shape index (κ1) is 11.7. The second-order valence-electron chi connectivity index (χ2n) is 3.95. The molecule has 0 radical (unpaired) electrons. The van der Waals surface area contributed by atoms with E-state index in [1.54, 1.807) is 0 Å². The normalized spacial score (nSPS) is 13.1. The maximum absolute atomic E-state index is 3.52. The zero-order valence-corrected chi connectivity index (χ0v) is 10.5. The maximum atomic E-state index is 3.52. The van der Waals surface area contributed by atoms with Gasteiger partial charge in [-0.2, -0.15) is 0 Å². The Morgan fingerprint density at radius 1 is 1.43 bits per heavy atom. The Morgan fingerprint density at radius 2 is 2.14 bits per heavy atom. The Hall–Kier alpha value is -0.340. The fourth-order valence-corrected chi connectivity index (χ4v) is 2.51. The summed E-state index contributed by atoms with van der Waals surface area (Å²) in [4.78, 5) is 2.91. The number of aryl methyl sites for hydroxylation is 2. The first-order valence-electron chi connectivity index (χ1n) is 5.42. The van der Waals surface area contributed by atoms with Crippen molar-refractivity contribution in [1.82, 2.24) is 5.32 Å². The second-order valence-corrected chi connectivity index (χ2v) is 5.41. The molecule has 1 nitrogen and oxygen atoms in total. The number of hydrogen-bond donors (Lipinski definition) is 1. The Kier molecular flexibility index (Phi) is 4.63. The molecule has 0 spiro atoms. The van der Waals surface area contributed by atoms with Crippen molar-refractivity contribution >= 4 is 11.3 Å². The number of hydrogen-bond acceptors (Lipinski definition) is 2. The predicted molar refractivity (Wildman–Crippen MR) is 65.3 cm³/mol. The van der Waals surface area contributed by atoms with E-state index in [0.29, 0.717) is 6.04 Å². The minimum Gasteiger partial charge on any atom is -0.314 e. The maximum Gasteiger partial charge on any atom is 0.00495 e. The van der Waals surface area contributed by atoms with Gasteiger partial charge in [0.25, 0.3) is 0 Å². The van der Waals surface area contributed by atoms with Crippen molar-refractivity contribution in [3.63, 3.8) is 0 Å². The van der Waals surface area contributed by atoms with E-state index in [9.17, 15) is 0 Å². The van der Waals surface area contributed by atoms with Crippen molar-refractivity contribution in [2.24, 2.45) is 0 Å². The van der Waals surface area contributed by atoms with Crippen molar-refractivity contribution in [3.8, 4) is 0 Å². The van der Waals surface area contributed by atoms with Gasteiger partial charge in [0.15, 0.2) is 0 Å². The fourth-order valence-electron chi connectivity index (χ4n) is 1.53. The van der Waals surface area contributed by atoms with Crippen LogP contribution in [0.25, 0.3) is 0 Å². The van der Waals surface area contributed by atoms with Gasteiger partial charge >= 0.3 is 0 Å². The molecule has 1 aromatic rings. The molecule has 0 bridgehead atoms. The van der Waals surface area contributed by atoms with Crippen LogP contribution in [0.5, 0.6) is 0 Å². The summed E-state index contributed by atoms with van der Waals surface area (Å²) in [6.45, 7) is 9.97. The van der Waals surface area contributed by atoms with Crippen LogP contribution in [0.2, 0.25) is 0 Å². The lowest BCUT2D eigenvalue weighted by Crippen LogP contribution is -2.27. The first-order valence-corrected chi connectivity index (χ1v) is 6.24. The largest absolute Gasteiger partial charge is 0.314 e. The highest BCUT2D eigenvalue weighted by atomic mass is 32.1. The zero-order chi connectivity index (χ0) is 10.6. The highest BCUT2D eigenvalue weighted by Crippen LogP contribution is 2.20. The summed E-state index contributed by atoms with van der Waals surface area (Å²) < 4.78 is 0. The van der Waals surface area contributed by atoms with E-state index in [1.807, 2.05) is 11.3 Å². The lowest BCUT2D eigenvalue weighted by atomic mass is 10.1. The van der Waals surface area contributed by atoms with Crippen molar-refractivity contribution in [2.45, 2.75) is 46.6 Å². The van der Waals surface area contributed by atoms with Gasteiger partial charge in [-0.15, -0.1) is 11.3 Å². The Balaban J connectivity index is 2.34. The highest BCUT2D eigenvalue weighted by Gasteiger charge is 2.03. The van der Waals surface area contributed by atoms with Crippen LogP contribution in [0.3, 0.4) is 0 Å². The topological polar surface area (TPSA) is 12.0 Å². The summed E-state index contributed by atoms with van der Waals surface area (Å²) in [5, 5.41) is 3.52. The number of thiophene rings is 1. The van der Waals surface area contributed by atoms with Gasteiger partial charge in [0.2, 0.25) is 0 Å². The third-order valence-corrected chi connectivity index (χ3v) is 3.65. The van der Waals surface area contributed by atoms with Crippen LogP contribution >= 0.6 is 11.3 Å². The van der Waals surface area contributed by atoms with Gasteiger partial charge in [-0.1, -0.05) is 6.92 Å². The fraction of sp³-hybridized carbons (Fsp3) is 0.667. The van der Waals surface area contributed by atoms with Crippen molar-refractivity contribution in [2.75, 3.05) is 6.54 Å². The second kappa shape index (κ2) is 5.52. The standard InChI is InChI=1S/C12H21NS/c1-5-9(2)13-7-6-12-8-10(3)14-11(12)4/h8-9,13H,5-7H2,1-4H3. The van der Waals surface area contributed by atoms with Crippen LogP contribution in [0.1, 0.15) is 35.6 Å². The van der Waals surface area contributed by atoms with E-state index in [4.69, 9.17) is 0 Å². The molecule has 0 saturated carbocycles. The monoisotopic (exact) mass is 211 g/mol. The molecule has 1 unspecified atom stereocenters. The van der Waals surface area contributed by atoms with Gasteiger partial charge in [-0.05, 0) is 51.8 Å². The molecule has 0 aromatic carbocycles. The molecule has 0 amide bonds. The molecule has 0 aliphatic heterocycles. The van der Waals surface area contributed by atoms with Gasteiger partial charge in [-0.25, -0.2) is 0 Å². The number of nitrogens with one attached hydrogen (secondary N) is 1. The zero-order valence-electron chi connectivity index (χ0n) is 9.68. The molecule has 1 rings (SSSR count). The Bertz CT molecular complexity index is 278. The van der Waals surface area contributed by atoms with E-state index in [-0.39, 0.29) is 0 Å². The summed E-state index contributed by atoms with van der Waals surface area (Å²) in [7, 11) is 0. The van der Waals surface area contributed by atoms with Crippen LogP contribution in [-0.4, -0.2) is 12.6 Å². The van der Waals surface area contributed by atoms with Crippen LogP contribution in [-0.2, 0) is 6.42 Å². The molecule has 2 heteroatoms. The molecule has 80 valence electrons. The molecule has 14 heavy (non-hydrogen) atoms. The molecule has 1 N–H and O–H groups in total. The third-order valence-electron chi connectivity index (χ3n) is 2.64. The summed E-state index contributed by atoms with van der Waals surface area (Å²) in [5.74, 6) is 0. The minimum atomic E-state index is 0.648. The van der Waals surface area contributed by atoms with Crippen molar-refractivity contribution in [1.29, 1.82) is 0 Å². The average Bonchev–Trinajstić information content (AvgIpc) is 2.45. The van der Waals surface area contributed by atoms with Gasteiger partial charge < -0.3 is 5.32 Å². The van der Waals surface area contributed by atoms with E-state index >= 15 is 0 Å². The lowest BCUT2D eigenvalue weighted by Gasteiger charge is -2.10. The van der Waals surface area contributed by atoms with Crippen LogP contribution in [0.4, 0.5) is 0 Å². The number of rotatable bonds is 5.